The first-order valence-electron chi connectivity index (χ1n) is 9.52. The molecule has 1 aliphatic heterocycles. The van der Waals surface area contributed by atoms with E-state index in [2.05, 4.69) is 20.9 Å². The first kappa shape index (κ1) is 21.3. The van der Waals surface area contributed by atoms with Crippen molar-refractivity contribution >= 4 is 39.3 Å². The molecule has 0 aliphatic carbocycles. The molecule has 0 radical (unpaired) electrons. The number of rotatable bonds is 5. The van der Waals surface area contributed by atoms with Crippen molar-refractivity contribution in [3.05, 3.63) is 83.3 Å². The minimum atomic E-state index is -0.660. The highest BCUT2D eigenvalue weighted by molar-refractivity contribution is 9.10. The van der Waals surface area contributed by atoms with Gasteiger partial charge in [-0.15, -0.1) is 0 Å². The molecule has 9 heteroatoms. The largest absolute Gasteiger partial charge is 0.497 e. The molecule has 0 N–H and O–H groups in total. The van der Waals surface area contributed by atoms with Gasteiger partial charge >= 0.3 is 5.97 Å². The molecule has 3 aromatic rings. The predicted molar refractivity (Wildman–Crippen MR) is 120 cm³/mol. The number of aromatic nitrogens is 1. The fraction of sp³-hybridized carbons (Fsp3) is 0.227. The Balaban J connectivity index is 1.94. The molecule has 0 fully saturated rings. The second-order valence-corrected chi connectivity index (χ2v) is 8.51. The molecular weight excluding hydrogens is 484 g/mol. The third-order valence-electron chi connectivity index (χ3n) is 4.82. The lowest BCUT2D eigenvalue weighted by molar-refractivity contribution is -0.139. The minimum absolute atomic E-state index is 0.225. The Hall–Kier alpha value is -2.91. The van der Waals surface area contributed by atoms with Crippen molar-refractivity contribution in [2.45, 2.75) is 19.9 Å². The Labute approximate surface area is 190 Å². The highest BCUT2D eigenvalue weighted by atomic mass is 79.9. The van der Waals surface area contributed by atoms with Gasteiger partial charge < -0.3 is 13.9 Å². The second kappa shape index (κ2) is 8.68. The van der Waals surface area contributed by atoms with Crippen molar-refractivity contribution in [3.8, 4) is 5.75 Å². The van der Waals surface area contributed by atoms with Gasteiger partial charge in [-0.25, -0.2) is 9.79 Å². The van der Waals surface area contributed by atoms with Gasteiger partial charge in [0.05, 0.1) is 35.6 Å². The summed E-state index contributed by atoms with van der Waals surface area (Å²) < 4.78 is 18.6. The minimum Gasteiger partial charge on any atom is -0.497 e. The molecule has 31 heavy (non-hydrogen) atoms. The van der Waals surface area contributed by atoms with E-state index < -0.39 is 12.0 Å². The summed E-state index contributed by atoms with van der Waals surface area (Å²) in [5.41, 5.74) is 1.36. The van der Waals surface area contributed by atoms with Gasteiger partial charge in [0.15, 0.2) is 9.47 Å². The van der Waals surface area contributed by atoms with Gasteiger partial charge in [0.2, 0.25) is 0 Å². The van der Waals surface area contributed by atoms with Gasteiger partial charge in [-0.1, -0.05) is 23.5 Å². The number of halogens is 1. The van der Waals surface area contributed by atoms with Crippen LogP contribution in [0.5, 0.6) is 5.75 Å². The van der Waals surface area contributed by atoms with Crippen molar-refractivity contribution in [2.24, 2.45) is 4.99 Å². The summed E-state index contributed by atoms with van der Waals surface area (Å²) in [4.78, 5) is 31.3. The standard InChI is InChI=1S/C22H19BrN2O5S/c1-4-29-21(27)18-12(2)24-22-25(19(18)13-5-7-14(28-3)8-6-13)20(26)16(31-22)11-15-9-10-17(23)30-15/h5-11,19H,4H2,1-3H3/b16-11+/t19-/m1/s1. The predicted octanol–water partition coefficient (Wildman–Crippen LogP) is 3.16. The fourth-order valence-corrected chi connectivity index (χ4v) is 4.77. The molecule has 1 aromatic carbocycles. The Morgan fingerprint density at radius 1 is 1.29 bits per heavy atom. The number of carbonyl (C=O) groups is 1. The number of thiazole rings is 1. The Morgan fingerprint density at radius 3 is 2.65 bits per heavy atom. The maximum Gasteiger partial charge on any atom is 0.338 e. The molecule has 3 heterocycles. The van der Waals surface area contributed by atoms with Crippen molar-refractivity contribution in [1.29, 1.82) is 0 Å². The van der Waals surface area contributed by atoms with E-state index in [1.54, 1.807) is 51.3 Å². The number of furan rings is 1. The highest BCUT2D eigenvalue weighted by Gasteiger charge is 2.33. The molecule has 160 valence electrons. The molecule has 1 aliphatic rings. The molecule has 2 aromatic heterocycles. The van der Waals surface area contributed by atoms with Crippen LogP contribution in [0.25, 0.3) is 6.08 Å². The number of hydrogen-bond donors (Lipinski definition) is 0. The quantitative estimate of drug-likeness (QED) is 0.500. The molecule has 1 atom stereocenters. The fourth-order valence-electron chi connectivity index (χ4n) is 3.43. The third-order valence-corrected chi connectivity index (χ3v) is 6.23. The van der Waals surface area contributed by atoms with Crippen LogP contribution in [0.15, 0.2) is 66.5 Å². The summed E-state index contributed by atoms with van der Waals surface area (Å²) in [6, 6.07) is 10.1. The number of allylic oxidation sites excluding steroid dienone is 1. The summed E-state index contributed by atoms with van der Waals surface area (Å²) in [5, 5.41) is 0. The summed E-state index contributed by atoms with van der Waals surface area (Å²) in [6.07, 6.45) is 1.67. The zero-order chi connectivity index (χ0) is 22.1. The van der Waals surface area contributed by atoms with Crippen LogP contribution < -0.4 is 19.6 Å². The molecule has 0 saturated heterocycles. The Bertz CT molecular complexity index is 1350. The van der Waals surface area contributed by atoms with Gasteiger partial charge in [-0.05, 0) is 59.6 Å². The highest BCUT2D eigenvalue weighted by Crippen LogP contribution is 2.31. The average molecular weight is 503 g/mol. The van der Waals surface area contributed by atoms with Crippen molar-refractivity contribution in [1.82, 2.24) is 4.57 Å². The SMILES string of the molecule is CCOC(=O)C1=C(C)N=c2s/c(=C/c3ccc(Br)o3)c(=O)n2[C@@H]1c1ccc(OC)cc1. The van der Waals surface area contributed by atoms with Crippen LogP contribution in [0.2, 0.25) is 0 Å². The normalized spacial score (nSPS) is 16.1. The zero-order valence-corrected chi connectivity index (χ0v) is 19.5. The van der Waals surface area contributed by atoms with Crippen LogP contribution in [-0.2, 0) is 9.53 Å². The van der Waals surface area contributed by atoms with Crippen LogP contribution in [0, 0.1) is 0 Å². The number of benzene rings is 1. The van der Waals surface area contributed by atoms with E-state index in [9.17, 15) is 9.59 Å². The average Bonchev–Trinajstić information content (AvgIpc) is 3.30. The summed E-state index contributed by atoms with van der Waals surface area (Å²) in [6.45, 7) is 3.72. The lowest BCUT2D eigenvalue weighted by atomic mass is 9.96. The van der Waals surface area contributed by atoms with Crippen LogP contribution in [-0.4, -0.2) is 24.3 Å². The van der Waals surface area contributed by atoms with E-state index in [-0.39, 0.29) is 12.2 Å². The van der Waals surface area contributed by atoms with E-state index in [1.165, 1.54) is 15.9 Å². The summed E-state index contributed by atoms with van der Waals surface area (Å²) >= 11 is 4.51. The molecule has 7 nitrogen and oxygen atoms in total. The number of ether oxygens (including phenoxy) is 2. The topological polar surface area (TPSA) is 83.0 Å². The molecule has 0 spiro atoms. The lowest BCUT2D eigenvalue weighted by Crippen LogP contribution is -2.39. The molecule has 0 saturated carbocycles. The van der Waals surface area contributed by atoms with E-state index in [0.717, 1.165) is 5.56 Å². The molecule has 0 amide bonds. The first-order chi connectivity index (χ1) is 14.9. The number of carbonyl (C=O) groups excluding carboxylic acids is 1. The second-order valence-electron chi connectivity index (χ2n) is 6.72. The van der Waals surface area contributed by atoms with Crippen LogP contribution in [0.4, 0.5) is 0 Å². The molecule has 0 unspecified atom stereocenters. The van der Waals surface area contributed by atoms with E-state index in [0.29, 0.717) is 36.8 Å². The van der Waals surface area contributed by atoms with Gasteiger partial charge in [-0.2, -0.15) is 0 Å². The van der Waals surface area contributed by atoms with E-state index >= 15 is 0 Å². The number of esters is 1. The summed E-state index contributed by atoms with van der Waals surface area (Å²) in [5.74, 6) is 0.728. The maximum absolute atomic E-state index is 13.4. The Kier molecular flexibility index (Phi) is 5.97. The Morgan fingerprint density at radius 2 is 2.03 bits per heavy atom. The smallest absolute Gasteiger partial charge is 0.338 e. The van der Waals surface area contributed by atoms with Crippen molar-refractivity contribution in [2.75, 3.05) is 13.7 Å². The van der Waals surface area contributed by atoms with Gasteiger partial charge in [0.1, 0.15) is 11.5 Å². The molecular formula is C22H19BrN2O5S. The van der Waals surface area contributed by atoms with Gasteiger partial charge in [0, 0.05) is 6.08 Å². The number of methoxy groups -OCH3 is 1. The number of fused-ring (bicyclic) bond motifs is 1. The van der Waals surface area contributed by atoms with Crippen molar-refractivity contribution in [3.63, 3.8) is 0 Å². The monoisotopic (exact) mass is 502 g/mol. The number of nitrogens with zero attached hydrogens (tertiary/aromatic N) is 2. The van der Waals surface area contributed by atoms with Gasteiger partial charge in [0.25, 0.3) is 5.56 Å². The van der Waals surface area contributed by atoms with E-state index in [1.807, 2.05) is 12.1 Å². The van der Waals surface area contributed by atoms with Crippen molar-refractivity contribution < 1.29 is 18.7 Å². The zero-order valence-electron chi connectivity index (χ0n) is 17.0. The van der Waals surface area contributed by atoms with Crippen LogP contribution >= 0.6 is 27.3 Å². The lowest BCUT2D eigenvalue weighted by Gasteiger charge is -2.24. The first-order valence-corrected chi connectivity index (χ1v) is 11.1. The summed E-state index contributed by atoms with van der Waals surface area (Å²) in [7, 11) is 1.58. The van der Waals surface area contributed by atoms with Crippen LogP contribution in [0.1, 0.15) is 31.2 Å². The maximum atomic E-state index is 13.4. The third kappa shape index (κ3) is 4.03. The molecule has 0 bridgehead atoms. The number of hydrogen-bond acceptors (Lipinski definition) is 7. The van der Waals surface area contributed by atoms with Gasteiger partial charge in [-0.3, -0.25) is 9.36 Å². The molecule has 4 rings (SSSR count). The van der Waals surface area contributed by atoms with E-state index in [4.69, 9.17) is 13.9 Å². The van der Waals surface area contributed by atoms with Crippen LogP contribution in [0.3, 0.4) is 0 Å².